The Morgan fingerprint density at radius 1 is 1.31 bits per heavy atom. The van der Waals surface area contributed by atoms with E-state index in [4.69, 9.17) is 0 Å². The number of carbonyl (C=O) groups is 1. The minimum Gasteiger partial charge on any atom is -0.361 e. The Balaban J connectivity index is 1.91. The molecule has 1 saturated heterocycles. The zero-order valence-corrected chi connectivity index (χ0v) is 8.79. The molecule has 4 heteroatoms. The maximum Gasteiger partial charge on any atom is 0.253 e. The summed E-state index contributed by atoms with van der Waals surface area (Å²) >= 11 is 0. The van der Waals surface area contributed by atoms with Crippen molar-refractivity contribution >= 4 is 16.8 Å². The molecule has 0 bridgehead atoms. The van der Waals surface area contributed by atoms with Gasteiger partial charge >= 0.3 is 0 Å². The number of carbonyl (C=O) groups excluding carboxylic acids is 1. The van der Waals surface area contributed by atoms with E-state index < -0.39 is 0 Å². The number of hydrogen-bond donors (Lipinski definition) is 3. The van der Waals surface area contributed by atoms with Crippen LogP contribution in [0.15, 0.2) is 30.5 Å². The molecule has 1 fully saturated rings. The average Bonchev–Trinajstić information content (AvgIpc) is 2.70. The van der Waals surface area contributed by atoms with Crippen molar-refractivity contribution in [1.82, 2.24) is 15.6 Å². The minimum atomic E-state index is -0.000417. The molecular formula is C12H13N3O. The highest BCUT2D eigenvalue weighted by atomic mass is 16.1. The van der Waals surface area contributed by atoms with Crippen molar-refractivity contribution in [3.05, 3.63) is 36.0 Å². The summed E-state index contributed by atoms with van der Waals surface area (Å²) in [5.41, 5.74) is 1.63. The van der Waals surface area contributed by atoms with Gasteiger partial charge in [0.2, 0.25) is 0 Å². The van der Waals surface area contributed by atoms with E-state index in [2.05, 4.69) is 15.6 Å². The molecule has 0 spiro atoms. The summed E-state index contributed by atoms with van der Waals surface area (Å²) in [6.45, 7) is 1.74. The van der Waals surface area contributed by atoms with Crippen LogP contribution in [0.1, 0.15) is 10.4 Å². The first-order valence-corrected chi connectivity index (χ1v) is 5.42. The quantitative estimate of drug-likeness (QED) is 0.696. The minimum absolute atomic E-state index is 0.000417. The molecule has 0 aliphatic carbocycles. The highest BCUT2D eigenvalue weighted by Crippen LogP contribution is 2.16. The predicted molar refractivity (Wildman–Crippen MR) is 62.4 cm³/mol. The number of rotatable bonds is 2. The van der Waals surface area contributed by atoms with Gasteiger partial charge in [-0.05, 0) is 12.1 Å². The van der Waals surface area contributed by atoms with Crippen LogP contribution >= 0.6 is 0 Å². The van der Waals surface area contributed by atoms with Gasteiger partial charge in [0, 0.05) is 24.7 Å². The smallest absolute Gasteiger partial charge is 0.253 e. The molecule has 0 radical (unpaired) electrons. The molecule has 82 valence electrons. The van der Waals surface area contributed by atoms with Crippen molar-refractivity contribution in [1.29, 1.82) is 0 Å². The highest BCUT2D eigenvalue weighted by Gasteiger charge is 2.20. The maximum absolute atomic E-state index is 12.0. The number of H-pyrrole nitrogens is 1. The normalized spacial score (nSPS) is 16.0. The largest absolute Gasteiger partial charge is 0.361 e. The van der Waals surface area contributed by atoms with E-state index in [1.165, 1.54) is 0 Å². The summed E-state index contributed by atoms with van der Waals surface area (Å²) in [7, 11) is 0. The standard InChI is InChI=1S/C12H13N3O/c16-12(15-9-6-13-7-9)10-3-1-2-8-4-5-14-11(8)10/h1-5,9,13-14H,6-7H2,(H,15,16). The molecule has 0 atom stereocenters. The van der Waals surface area contributed by atoms with Crippen molar-refractivity contribution < 1.29 is 4.79 Å². The van der Waals surface area contributed by atoms with Crippen LogP contribution in [-0.2, 0) is 0 Å². The molecule has 1 aliphatic heterocycles. The van der Waals surface area contributed by atoms with Gasteiger partial charge in [0.05, 0.1) is 17.1 Å². The van der Waals surface area contributed by atoms with E-state index in [1.54, 1.807) is 0 Å². The first kappa shape index (κ1) is 9.42. The lowest BCUT2D eigenvalue weighted by Gasteiger charge is -2.27. The molecular weight excluding hydrogens is 202 g/mol. The van der Waals surface area contributed by atoms with Gasteiger partial charge in [-0.15, -0.1) is 0 Å². The Morgan fingerprint density at radius 2 is 2.19 bits per heavy atom. The number of nitrogens with one attached hydrogen (secondary N) is 3. The molecule has 2 aromatic rings. The third-order valence-electron chi connectivity index (χ3n) is 2.95. The Kier molecular flexibility index (Phi) is 2.15. The van der Waals surface area contributed by atoms with Gasteiger partial charge in [-0.25, -0.2) is 0 Å². The van der Waals surface area contributed by atoms with Crippen LogP contribution in [0.25, 0.3) is 10.9 Å². The Morgan fingerprint density at radius 3 is 2.94 bits per heavy atom. The number of aromatic amines is 1. The van der Waals surface area contributed by atoms with Gasteiger partial charge in [0.15, 0.2) is 0 Å². The lowest BCUT2D eigenvalue weighted by molar-refractivity contribution is 0.0925. The fraction of sp³-hybridized carbons (Fsp3) is 0.250. The lowest BCUT2D eigenvalue weighted by Crippen LogP contribution is -2.56. The summed E-state index contributed by atoms with van der Waals surface area (Å²) in [5, 5.41) is 7.19. The Bertz CT molecular complexity index is 528. The zero-order chi connectivity index (χ0) is 11.0. The van der Waals surface area contributed by atoms with Gasteiger partial charge in [-0.2, -0.15) is 0 Å². The molecule has 0 saturated carbocycles. The van der Waals surface area contributed by atoms with Gasteiger partial charge in [-0.3, -0.25) is 4.79 Å². The van der Waals surface area contributed by atoms with Crippen LogP contribution in [0.4, 0.5) is 0 Å². The number of para-hydroxylation sites is 1. The van der Waals surface area contributed by atoms with Crippen LogP contribution in [0.2, 0.25) is 0 Å². The molecule has 3 rings (SSSR count). The molecule has 1 aromatic heterocycles. The van der Waals surface area contributed by atoms with Crippen LogP contribution in [0.3, 0.4) is 0 Å². The SMILES string of the molecule is O=C(NC1CNC1)c1cccc2cc[nH]c12. The summed E-state index contributed by atoms with van der Waals surface area (Å²) in [6, 6.07) is 7.99. The van der Waals surface area contributed by atoms with E-state index in [0.29, 0.717) is 0 Å². The highest BCUT2D eigenvalue weighted by molar-refractivity contribution is 6.05. The monoisotopic (exact) mass is 215 g/mol. The maximum atomic E-state index is 12.0. The Labute approximate surface area is 93.0 Å². The molecule has 4 nitrogen and oxygen atoms in total. The fourth-order valence-electron chi connectivity index (χ4n) is 1.93. The van der Waals surface area contributed by atoms with E-state index >= 15 is 0 Å². The van der Waals surface area contributed by atoms with Gasteiger partial charge < -0.3 is 15.6 Å². The number of hydrogen-bond acceptors (Lipinski definition) is 2. The summed E-state index contributed by atoms with van der Waals surface area (Å²) in [4.78, 5) is 15.1. The molecule has 2 heterocycles. The van der Waals surface area contributed by atoms with Crippen LogP contribution in [0, 0.1) is 0 Å². The molecule has 3 N–H and O–H groups in total. The number of fused-ring (bicyclic) bond motifs is 1. The van der Waals surface area contributed by atoms with Crippen LogP contribution < -0.4 is 10.6 Å². The van der Waals surface area contributed by atoms with Gasteiger partial charge in [0.1, 0.15) is 0 Å². The molecule has 1 aromatic carbocycles. The van der Waals surface area contributed by atoms with Gasteiger partial charge in [-0.1, -0.05) is 12.1 Å². The van der Waals surface area contributed by atoms with E-state index in [0.717, 1.165) is 29.6 Å². The number of amides is 1. The van der Waals surface area contributed by atoms with Crippen molar-refractivity contribution in [3.8, 4) is 0 Å². The number of benzene rings is 1. The summed E-state index contributed by atoms with van der Waals surface area (Å²) in [5.74, 6) is -0.000417. The van der Waals surface area contributed by atoms with E-state index in [-0.39, 0.29) is 11.9 Å². The second-order valence-electron chi connectivity index (χ2n) is 4.08. The summed E-state index contributed by atoms with van der Waals surface area (Å²) in [6.07, 6.45) is 1.85. The number of aromatic nitrogens is 1. The third-order valence-corrected chi connectivity index (χ3v) is 2.95. The third kappa shape index (κ3) is 1.47. The second-order valence-corrected chi connectivity index (χ2v) is 4.08. The average molecular weight is 215 g/mol. The van der Waals surface area contributed by atoms with Crippen molar-refractivity contribution in [3.63, 3.8) is 0 Å². The van der Waals surface area contributed by atoms with E-state index in [9.17, 15) is 4.79 Å². The van der Waals surface area contributed by atoms with Crippen molar-refractivity contribution in [2.24, 2.45) is 0 Å². The zero-order valence-electron chi connectivity index (χ0n) is 8.79. The predicted octanol–water partition coefficient (Wildman–Crippen LogP) is 0.869. The fourth-order valence-corrected chi connectivity index (χ4v) is 1.93. The van der Waals surface area contributed by atoms with Crippen LogP contribution in [-0.4, -0.2) is 30.0 Å². The first-order chi connectivity index (χ1) is 7.84. The second kappa shape index (κ2) is 3.64. The van der Waals surface area contributed by atoms with Crippen molar-refractivity contribution in [2.45, 2.75) is 6.04 Å². The Hall–Kier alpha value is -1.81. The lowest BCUT2D eigenvalue weighted by atomic mass is 10.1. The van der Waals surface area contributed by atoms with Crippen molar-refractivity contribution in [2.75, 3.05) is 13.1 Å². The topological polar surface area (TPSA) is 56.9 Å². The van der Waals surface area contributed by atoms with E-state index in [1.807, 2.05) is 30.5 Å². The molecule has 1 amide bonds. The molecule has 0 unspecified atom stereocenters. The van der Waals surface area contributed by atoms with Crippen LogP contribution in [0.5, 0.6) is 0 Å². The molecule has 16 heavy (non-hydrogen) atoms. The first-order valence-electron chi connectivity index (χ1n) is 5.42. The molecule has 1 aliphatic rings. The van der Waals surface area contributed by atoms with Gasteiger partial charge in [0.25, 0.3) is 5.91 Å². The summed E-state index contributed by atoms with van der Waals surface area (Å²) < 4.78 is 0.